The highest BCUT2D eigenvalue weighted by Crippen LogP contribution is 2.60. The molecule has 0 aromatic heterocycles. The van der Waals surface area contributed by atoms with Crippen molar-refractivity contribution in [2.24, 2.45) is 11.3 Å². The summed E-state index contributed by atoms with van der Waals surface area (Å²) in [5, 5.41) is 0.287. The van der Waals surface area contributed by atoms with Gasteiger partial charge in [0.1, 0.15) is 6.29 Å². The molecule has 2 unspecified atom stereocenters. The molecular formula is C14H26O2Si. The summed E-state index contributed by atoms with van der Waals surface area (Å²) in [5.74, 6) is 0.628. The van der Waals surface area contributed by atoms with E-state index < -0.39 is 8.32 Å². The van der Waals surface area contributed by atoms with Crippen LogP contribution in [0.1, 0.15) is 46.5 Å². The van der Waals surface area contributed by atoms with E-state index in [1.807, 2.05) is 0 Å². The Balaban J connectivity index is 1.93. The minimum atomic E-state index is -1.63. The van der Waals surface area contributed by atoms with E-state index in [1.54, 1.807) is 0 Å². The Hall–Kier alpha value is -0.153. The van der Waals surface area contributed by atoms with Gasteiger partial charge < -0.3 is 9.22 Å². The summed E-state index contributed by atoms with van der Waals surface area (Å²) in [5.41, 5.74) is 0.0767. The molecule has 0 spiro atoms. The number of carbonyl (C=O) groups excluding carboxylic acids is 1. The van der Waals surface area contributed by atoms with Crippen LogP contribution in [0.3, 0.4) is 0 Å². The van der Waals surface area contributed by atoms with Gasteiger partial charge in [0.05, 0.1) is 0 Å². The molecule has 2 nitrogen and oxygen atoms in total. The van der Waals surface area contributed by atoms with Gasteiger partial charge in [0.25, 0.3) is 0 Å². The second-order valence-electron chi connectivity index (χ2n) is 7.53. The first-order valence-electron chi connectivity index (χ1n) is 6.84. The molecule has 2 aliphatic carbocycles. The lowest BCUT2D eigenvalue weighted by Gasteiger charge is -2.40. The fraction of sp³-hybridized carbons (Fsp3) is 0.929. The minimum Gasteiger partial charge on any atom is -0.414 e. The molecule has 0 bridgehead atoms. The Morgan fingerprint density at radius 1 is 1.35 bits per heavy atom. The molecule has 2 rings (SSSR count). The van der Waals surface area contributed by atoms with Crippen LogP contribution in [0, 0.1) is 11.3 Å². The summed E-state index contributed by atoms with van der Waals surface area (Å²) in [7, 11) is -1.63. The fourth-order valence-corrected chi connectivity index (χ4v) is 4.19. The first kappa shape index (κ1) is 13.3. The van der Waals surface area contributed by atoms with E-state index in [-0.39, 0.29) is 10.5 Å². The number of hydrogen-bond acceptors (Lipinski definition) is 2. The zero-order chi connectivity index (χ0) is 12.9. The maximum atomic E-state index is 11.0. The van der Waals surface area contributed by atoms with Crippen molar-refractivity contribution < 1.29 is 9.22 Å². The molecule has 3 heteroatoms. The van der Waals surface area contributed by atoms with Crippen LogP contribution >= 0.6 is 0 Å². The van der Waals surface area contributed by atoms with Crippen LogP contribution in [0.4, 0.5) is 0 Å². The number of hydrogen-bond donors (Lipinski definition) is 0. The van der Waals surface area contributed by atoms with Crippen LogP contribution in [0.15, 0.2) is 0 Å². The second kappa shape index (κ2) is 3.92. The Kier molecular flexibility index (Phi) is 3.06. The van der Waals surface area contributed by atoms with Crippen molar-refractivity contribution >= 4 is 14.6 Å². The third kappa shape index (κ3) is 2.36. The average molecular weight is 254 g/mol. The van der Waals surface area contributed by atoms with E-state index in [0.717, 1.165) is 25.7 Å². The Labute approximate surface area is 106 Å². The fourth-order valence-electron chi connectivity index (χ4n) is 2.79. The van der Waals surface area contributed by atoms with Crippen molar-refractivity contribution in [3.05, 3.63) is 0 Å². The molecule has 98 valence electrons. The number of carbonyl (C=O) groups is 1. The van der Waals surface area contributed by atoms with Crippen LogP contribution in [-0.4, -0.2) is 20.7 Å². The van der Waals surface area contributed by atoms with Gasteiger partial charge in [0, 0.05) is 11.5 Å². The summed E-state index contributed by atoms with van der Waals surface area (Å²) < 4.78 is 6.45. The standard InChI is InChI=1S/C14H26O2Si/c1-13(2,3)17(4,5)16-12-6-7-14(10-15)9-11(14)8-12/h10-12H,6-9H2,1-5H3/t11-,12?,14?/m1/s1. The van der Waals surface area contributed by atoms with E-state index >= 15 is 0 Å². The Morgan fingerprint density at radius 2 is 2.00 bits per heavy atom. The summed E-state index contributed by atoms with van der Waals surface area (Å²) in [6, 6.07) is 0. The molecule has 17 heavy (non-hydrogen) atoms. The molecule has 0 saturated heterocycles. The van der Waals surface area contributed by atoms with Gasteiger partial charge in [-0.05, 0) is 49.7 Å². The number of aldehydes is 1. The van der Waals surface area contributed by atoms with Crippen LogP contribution in [0.5, 0.6) is 0 Å². The largest absolute Gasteiger partial charge is 0.414 e. The van der Waals surface area contributed by atoms with Crippen molar-refractivity contribution in [3.8, 4) is 0 Å². The van der Waals surface area contributed by atoms with Gasteiger partial charge in [-0.1, -0.05) is 20.8 Å². The average Bonchev–Trinajstić information content (AvgIpc) is 2.89. The van der Waals surface area contributed by atoms with Crippen molar-refractivity contribution in [1.82, 2.24) is 0 Å². The molecule has 2 aliphatic rings. The van der Waals surface area contributed by atoms with Crippen molar-refractivity contribution in [2.75, 3.05) is 0 Å². The smallest absolute Gasteiger partial charge is 0.192 e. The third-order valence-electron chi connectivity index (χ3n) is 5.26. The van der Waals surface area contributed by atoms with Gasteiger partial charge in [-0.2, -0.15) is 0 Å². The van der Waals surface area contributed by atoms with Crippen molar-refractivity contribution in [1.29, 1.82) is 0 Å². The topological polar surface area (TPSA) is 26.3 Å². The van der Waals surface area contributed by atoms with Crippen molar-refractivity contribution in [3.63, 3.8) is 0 Å². The minimum absolute atomic E-state index is 0.0767. The summed E-state index contributed by atoms with van der Waals surface area (Å²) in [6.45, 7) is 11.5. The van der Waals surface area contributed by atoms with Gasteiger partial charge in [0.2, 0.25) is 0 Å². The SMILES string of the molecule is CC(C)(C)[Si](C)(C)OC1CCC2(C=O)C[C@H]2C1. The van der Waals surface area contributed by atoms with Gasteiger partial charge in [-0.25, -0.2) is 0 Å². The van der Waals surface area contributed by atoms with Crippen LogP contribution in [0.25, 0.3) is 0 Å². The highest BCUT2D eigenvalue weighted by Gasteiger charge is 2.57. The van der Waals surface area contributed by atoms with Crippen molar-refractivity contribution in [2.45, 2.75) is 70.7 Å². The maximum absolute atomic E-state index is 11.0. The molecule has 0 aliphatic heterocycles. The monoisotopic (exact) mass is 254 g/mol. The first-order chi connectivity index (χ1) is 7.70. The lowest BCUT2D eigenvalue weighted by molar-refractivity contribution is -0.113. The highest BCUT2D eigenvalue weighted by molar-refractivity contribution is 6.74. The molecule has 0 aromatic carbocycles. The number of rotatable bonds is 3. The van der Waals surface area contributed by atoms with Crippen LogP contribution in [-0.2, 0) is 9.22 Å². The quantitative estimate of drug-likeness (QED) is 0.566. The van der Waals surface area contributed by atoms with Crippen LogP contribution in [0.2, 0.25) is 18.1 Å². The summed E-state index contributed by atoms with van der Waals surface area (Å²) >= 11 is 0. The molecule has 3 atom stereocenters. The van der Waals surface area contributed by atoms with E-state index in [4.69, 9.17) is 4.43 Å². The zero-order valence-electron chi connectivity index (χ0n) is 11.9. The lowest BCUT2D eigenvalue weighted by atomic mass is 9.88. The first-order valence-corrected chi connectivity index (χ1v) is 9.75. The predicted octanol–water partition coefficient (Wildman–Crippen LogP) is 3.77. The van der Waals surface area contributed by atoms with Gasteiger partial charge >= 0.3 is 0 Å². The second-order valence-corrected chi connectivity index (χ2v) is 12.3. The van der Waals surface area contributed by atoms with E-state index in [2.05, 4.69) is 33.9 Å². The molecule has 0 radical (unpaired) electrons. The lowest BCUT2D eigenvalue weighted by Crippen LogP contribution is -2.44. The van der Waals surface area contributed by atoms with Gasteiger partial charge in [0.15, 0.2) is 8.32 Å². The zero-order valence-corrected chi connectivity index (χ0v) is 12.9. The molecular weight excluding hydrogens is 228 g/mol. The maximum Gasteiger partial charge on any atom is 0.192 e. The summed E-state index contributed by atoms with van der Waals surface area (Å²) in [6.07, 6.45) is 6.00. The highest BCUT2D eigenvalue weighted by atomic mass is 28.4. The van der Waals surface area contributed by atoms with E-state index in [0.29, 0.717) is 12.0 Å². The third-order valence-corrected chi connectivity index (χ3v) is 9.80. The molecule has 0 N–H and O–H groups in total. The van der Waals surface area contributed by atoms with Gasteiger partial charge in [-0.3, -0.25) is 0 Å². The molecule has 2 fully saturated rings. The molecule has 2 saturated carbocycles. The predicted molar refractivity (Wildman–Crippen MR) is 72.5 cm³/mol. The Morgan fingerprint density at radius 3 is 2.47 bits per heavy atom. The van der Waals surface area contributed by atoms with E-state index in [1.165, 1.54) is 6.29 Å². The molecule has 0 amide bonds. The number of fused-ring (bicyclic) bond motifs is 1. The van der Waals surface area contributed by atoms with E-state index in [9.17, 15) is 4.79 Å². The Bertz CT molecular complexity index is 319. The summed E-state index contributed by atoms with van der Waals surface area (Å²) in [4.78, 5) is 11.0. The molecule has 0 heterocycles. The normalized spacial score (nSPS) is 37.5. The van der Waals surface area contributed by atoms with Gasteiger partial charge in [-0.15, -0.1) is 0 Å². The molecule has 0 aromatic rings. The van der Waals surface area contributed by atoms with Crippen LogP contribution < -0.4 is 0 Å².